The molecule has 0 fully saturated rings. The second-order valence-corrected chi connectivity index (χ2v) is 5.40. The third kappa shape index (κ3) is 3.81. The smallest absolute Gasteiger partial charge is 0.203 e. The van der Waals surface area contributed by atoms with Gasteiger partial charge in [0.1, 0.15) is 29.6 Å². The van der Waals surface area contributed by atoms with Crippen molar-refractivity contribution in [3.05, 3.63) is 77.5 Å². The van der Waals surface area contributed by atoms with Crippen molar-refractivity contribution in [2.24, 2.45) is 7.05 Å². The van der Waals surface area contributed by atoms with Crippen molar-refractivity contribution in [3.8, 4) is 5.75 Å². The van der Waals surface area contributed by atoms with Crippen LogP contribution in [-0.2, 0) is 13.7 Å². The van der Waals surface area contributed by atoms with Crippen LogP contribution in [0.1, 0.15) is 27.7 Å². The first kappa shape index (κ1) is 15.8. The summed E-state index contributed by atoms with van der Waals surface area (Å²) in [4.78, 5) is 12.2. The van der Waals surface area contributed by atoms with Crippen LogP contribution < -0.4 is 4.74 Å². The highest BCUT2D eigenvalue weighted by Crippen LogP contribution is 2.15. The number of furan rings is 1. The molecule has 0 aliphatic carbocycles. The van der Waals surface area contributed by atoms with Crippen LogP contribution in [0.2, 0.25) is 0 Å². The molecule has 0 N–H and O–H groups in total. The molecule has 2 heterocycles. The zero-order valence-electron chi connectivity index (χ0n) is 13.6. The van der Waals surface area contributed by atoms with Gasteiger partial charge in [0.25, 0.3) is 0 Å². The minimum atomic E-state index is -0.114. The monoisotopic (exact) mass is 322 g/mol. The molecule has 0 unspecified atom stereocenters. The third-order valence-corrected chi connectivity index (χ3v) is 3.46. The second-order valence-electron chi connectivity index (χ2n) is 5.40. The molecular weight excluding hydrogens is 304 g/mol. The van der Waals surface area contributed by atoms with E-state index >= 15 is 0 Å². The Balaban J connectivity index is 1.61. The van der Waals surface area contributed by atoms with E-state index < -0.39 is 0 Å². The molecule has 3 rings (SSSR count). The molecule has 5 heteroatoms. The summed E-state index contributed by atoms with van der Waals surface area (Å²) in [5, 5.41) is 4.17. The SMILES string of the molecule is Cc1cc(C(=O)/C=C/c2ccc(COc3ccccc3)o2)n(C)n1. The van der Waals surface area contributed by atoms with Crippen LogP contribution in [0.3, 0.4) is 0 Å². The van der Waals surface area contributed by atoms with Gasteiger partial charge >= 0.3 is 0 Å². The van der Waals surface area contributed by atoms with E-state index in [1.54, 1.807) is 23.9 Å². The largest absolute Gasteiger partial charge is 0.486 e. The molecule has 1 aromatic carbocycles. The Morgan fingerprint density at radius 2 is 2.04 bits per heavy atom. The van der Waals surface area contributed by atoms with Gasteiger partial charge in [-0.25, -0.2) is 0 Å². The normalized spacial score (nSPS) is 11.1. The number of nitrogens with zero attached hydrogens (tertiary/aromatic N) is 2. The average molecular weight is 322 g/mol. The number of aromatic nitrogens is 2. The van der Waals surface area contributed by atoms with Crippen molar-refractivity contribution in [3.63, 3.8) is 0 Å². The number of rotatable bonds is 6. The fraction of sp³-hybridized carbons (Fsp3) is 0.158. The van der Waals surface area contributed by atoms with E-state index in [4.69, 9.17) is 9.15 Å². The van der Waals surface area contributed by atoms with Gasteiger partial charge in [-0.15, -0.1) is 0 Å². The van der Waals surface area contributed by atoms with Gasteiger partial charge < -0.3 is 9.15 Å². The number of ketones is 1. The molecule has 0 radical (unpaired) electrons. The maximum absolute atomic E-state index is 12.2. The van der Waals surface area contributed by atoms with Gasteiger partial charge in [0.15, 0.2) is 0 Å². The van der Waals surface area contributed by atoms with Gasteiger partial charge in [-0.05, 0) is 49.4 Å². The standard InChI is InChI=1S/C19H18N2O3/c1-14-12-18(21(2)20-14)19(22)11-10-16-8-9-17(24-16)13-23-15-6-4-3-5-7-15/h3-12H,13H2,1-2H3/b11-10+. The number of carbonyl (C=O) groups excluding carboxylic acids is 1. The molecule has 2 aromatic heterocycles. The topological polar surface area (TPSA) is 57.3 Å². The highest BCUT2D eigenvalue weighted by molar-refractivity contribution is 6.05. The Hall–Kier alpha value is -3.08. The molecule has 0 amide bonds. The number of hydrogen-bond donors (Lipinski definition) is 0. The molecular formula is C19H18N2O3. The molecule has 0 saturated carbocycles. The van der Waals surface area contributed by atoms with Crippen LogP contribution in [-0.4, -0.2) is 15.6 Å². The molecule has 0 saturated heterocycles. The number of carbonyl (C=O) groups is 1. The highest BCUT2D eigenvalue weighted by atomic mass is 16.5. The van der Waals surface area contributed by atoms with Gasteiger partial charge in [-0.1, -0.05) is 18.2 Å². The van der Waals surface area contributed by atoms with Crippen LogP contribution in [0.15, 0.2) is 59.0 Å². The molecule has 0 aliphatic rings. The van der Waals surface area contributed by atoms with Crippen molar-refractivity contribution in [1.82, 2.24) is 9.78 Å². The number of hydrogen-bond acceptors (Lipinski definition) is 4. The molecule has 0 spiro atoms. The predicted octanol–water partition coefficient (Wildman–Crippen LogP) is 3.80. The van der Waals surface area contributed by atoms with E-state index in [1.165, 1.54) is 6.08 Å². The number of para-hydroxylation sites is 1. The second kappa shape index (κ2) is 7.00. The quantitative estimate of drug-likeness (QED) is 0.512. The minimum Gasteiger partial charge on any atom is -0.486 e. The van der Waals surface area contributed by atoms with E-state index in [2.05, 4.69) is 5.10 Å². The van der Waals surface area contributed by atoms with E-state index in [0.29, 0.717) is 23.8 Å². The maximum Gasteiger partial charge on any atom is 0.203 e. The number of aryl methyl sites for hydroxylation is 2. The summed E-state index contributed by atoms with van der Waals surface area (Å²) in [5.41, 5.74) is 1.36. The van der Waals surface area contributed by atoms with E-state index in [0.717, 1.165) is 11.4 Å². The van der Waals surface area contributed by atoms with Gasteiger partial charge in [-0.2, -0.15) is 5.10 Å². The summed E-state index contributed by atoms with van der Waals surface area (Å²) < 4.78 is 12.8. The fourth-order valence-corrected chi connectivity index (χ4v) is 2.32. The van der Waals surface area contributed by atoms with Crippen molar-refractivity contribution >= 4 is 11.9 Å². The van der Waals surface area contributed by atoms with E-state index in [1.807, 2.05) is 49.4 Å². The first-order chi connectivity index (χ1) is 11.6. The molecule has 24 heavy (non-hydrogen) atoms. The van der Waals surface area contributed by atoms with Crippen LogP contribution >= 0.6 is 0 Å². The van der Waals surface area contributed by atoms with Crippen LogP contribution in [0.5, 0.6) is 5.75 Å². The Bertz CT molecular complexity index is 860. The van der Waals surface area contributed by atoms with E-state index in [9.17, 15) is 4.79 Å². The lowest BCUT2D eigenvalue weighted by Crippen LogP contribution is -2.03. The molecule has 3 aromatic rings. The summed E-state index contributed by atoms with van der Waals surface area (Å²) >= 11 is 0. The van der Waals surface area contributed by atoms with Crippen molar-refractivity contribution in [2.45, 2.75) is 13.5 Å². The lowest BCUT2D eigenvalue weighted by Gasteiger charge is -2.02. The summed E-state index contributed by atoms with van der Waals surface area (Å²) in [6, 6.07) is 14.9. The fourth-order valence-electron chi connectivity index (χ4n) is 2.32. The van der Waals surface area contributed by atoms with Crippen LogP contribution in [0.25, 0.3) is 6.08 Å². The molecule has 0 atom stereocenters. The summed E-state index contributed by atoms with van der Waals surface area (Å²) in [5.74, 6) is 1.97. The Morgan fingerprint density at radius 1 is 1.25 bits per heavy atom. The van der Waals surface area contributed by atoms with Crippen LogP contribution in [0, 0.1) is 6.92 Å². The lowest BCUT2D eigenvalue weighted by atomic mass is 10.2. The minimum absolute atomic E-state index is 0.114. The summed E-state index contributed by atoms with van der Waals surface area (Å²) in [6.07, 6.45) is 3.13. The molecule has 0 aliphatic heterocycles. The highest BCUT2D eigenvalue weighted by Gasteiger charge is 2.09. The average Bonchev–Trinajstić information content (AvgIpc) is 3.17. The number of allylic oxidation sites excluding steroid dienone is 1. The number of benzene rings is 1. The van der Waals surface area contributed by atoms with Crippen LogP contribution in [0.4, 0.5) is 0 Å². The Labute approximate surface area is 140 Å². The van der Waals surface area contributed by atoms with Gasteiger partial charge in [-0.3, -0.25) is 9.48 Å². The van der Waals surface area contributed by atoms with Crippen molar-refractivity contribution in [2.75, 3.05) is 0 Å². The molecule has 5 nitrogen and oxygen atoms in total. The number of ether oxygens (including phenoxy) is 1. The first-order valence-corrected chi connectivity index (χ1v) is 7.61. The molecule has 0 bridgehead atoms. The van der Waals surface area contributed by atoms with Gasteiger partial charge in [0.05, 0.1) is 5.69 Å². The maximum atomic E-state index is 12.2. The zero-order valence-corrected chi connectivity index (χ0v) is 13.6. The molecule has 122 valence electrons. The van der Waals surface area contributed by atoms with E-state index in [-0.39, 0.29) is 5.78 Å². The predicted molar refractivity (Wildman–Crippen MR) is 90.8 cm³/mol. The van der Waals surface area contributed by atoms with Gasteiger partial charge in [0, 0.05) is 7.05 Å². The Morgan fingerprint density at radius 3 is 2.75 bits per heavy atom. The summed E-state index contributed by atoms with van der Waals surface area (Å²) in [7, 11) is 1.75. The van der Waals surface area contributed by atoms with Gasteiger partial charge in [0.2, 0.25) is 5.78 Å². The Kier molecular flexibility index (Phi) is 4.61. The zero-order chi connectivity index (χ0) is 16.9. The van der Waals surface area contributed by atoms with Crippen molar-refractivity contribution in [1.29, 1.82) is 0 Å². The third-order valence-electron chi connectivity index (χ3n) is 3.46. The lowest BCUT2D eigenvalue weighted by molar-refractivity contribution is 0.103. The van der Waals surface area contributed by atoms with Crippen molar-refractivity contribution < 1.29 is 13.9 Å². The summed E-state index contributed by atoms with van der Waals surface area (Å²) in [6.45, 7) is 2.19. The first-order valence-electron chi connectivity index (χ1n) is 7.61.